The van der Waals surface area contributed by atoms with Crippen LogP contribution in [0.5, 0.6) is 0 Å². The van der Waals surface area contributed by atoms with Gasteiger partial charge in [0.25, 0.3) is 0 Å². The van der Waals surface area contributed by atoms with Gasteiger partial charge >= 0.3 is 0 Å². The maximum Gasteiger partial charge on any atom is 0.137 e. The molecule has 10 heavy (non-hydrogen) atoms. The van der Waals surface area contributed by atoms with Crippen molar-refractivity contribution in [2.45, 2.75) is 25.1 Å². The van der Waals surface area contributed by atoms with E-state index in [1.807, 2.05) is 12.2 Å². The van der Waals surface area contributed by atoms with E-state index in [4.69, 9.17) is 0 Å². The molecule has 0 saturated carbocycles. The highest BCUT2D eigenvalue weighted by Gasteiger charge is 2.23. The molecule has 0 nitrogen and oxygen atoms in total. The summed E-state index contributed by atoms with van der Waals surface area (Å²) in [5.41, 5.74) is 0. The SMILES string of the molecule is C=CC[Si](Br)(CC)CC=C. The van der Waals surface area contributed by atoms with Crippen molar-refractivity contribution >= 4 is 22.0 Å². The summed E-state index contributed by atoms with van der Waals surface area (Å²) < 4.78 is 0. The van der Waals surface area contributed by atoms with Gasteiger partial charge in [-0.1, -0.05) is 19.1 Å². The summed E-state index contributed by atoms with van der Waals surface area (Å²) in [6.07, 6.45) is 4.02. The van der Waals surface area contributed by atoms with Crippen LogP contribution in [-0.2, 0) is 0 Å². The van der Waals surface area contributed by atoms with Crippen LogP contribution < -0.4 is 0 Å². The Morgan fingerprint density at radius 1 is 1.30 bits per heavy atom. The van der Waals surface area contributed by atoms with Crippen LogP contribution in [0, 0.1) is 0 Å². The summed E-state index contributed by atoms with van der Waals surface area (Å²) in [4.78, 5) is 0. The monoisotopic (exact) mass is 218 g/mol. The molecule has 0 aliphatic rings. The van der Waals surface area contributed by atoms with Gasteiger partial charge in [0, 0.05) is 0 Å². The van der Waals surface area contributed by atoms with Crippen molar-refractivity contribution in [1.82, 2.24) is 0 Å². The lowest BCUT2D eigenvalue weighted by atomic mass is 10.7. The molecule has 0 saturated heterocycles. The van der Waals surface area contributed by atoms with Crippen molar-refractivity contribution < 1.29 is 0 Å². The first-order valence-electron chi connectivity index (χ1n) is 3.59. The summed E-state index contributed by atoms with van der Waals surface area (Å²) in [5.74, 6) is 0. The van der Waals surface area contributed by atoms with Crippen molar-refractivity contribution in [3.05, 3.63) is 25.3 Å². The highest BCUT2D eigenvalue weighted by atomic mass is 79.9. The summed E-state index contributed by atoms with van der Waals surface area (Å²) in [7, 11) is 0. The van der Waals surface area contributed by atoms with Gasteiger partial charge in [-0.15, -0.1) is 28.5 Å². The van der Waals surface area contributed by atoms with Gasteiger partial charge in [0.2, 0.25) is 0 Å². The Bertz CT molecular complexity index is 110. The topological polar surface area (TPSA) is 0 Å². The zero-order valence-corrected chi connectivity index (χ0v) is 9.15. The van der Waals surface area contributed by atoms with Crippen LogP contribution in [0.2, 0.25) is 18.1 Å². The first-order chi connectivity index (χ1) is 4.68. The Balaban J connectivity index is 3.92. The Morgan fingerprint density at radius 3 is 1.90 bits per heavy atom. The Kier molecular flexibility index (Phi) is 5.00. The standard InChI is InChI=1S/C8H15BrSi/c1-4-7-10(9,6-3)8-5-2/h4-5H,1-2,6-8H2,3H3. The molecule has 0 bridgehead atoms. The number of hydrogen-bond acceptors (Lipinski definition) is 0. The molecular formula is C8H15BrSi. The molecule has 0 aromatic heterocycles. The van der Waals surface area contributed by atoms with Gasteiger partial charge in [0.15, 0.2) is 0 Å². The minimum absolute atomic E-state index is 1.15. The van der Waals surface area contributed by atoms with E-state index in [1.165, 1.54) is 6.04 Å². The van der Waals surface area contributed by atoms with E-state index in [0.29, 0.717) is 0 Å². The second kappa shape index (κ2) is 4.91. The molecule has 0 N–H and O–H groups in total. The molecule has 0 aliphatic heterocycles. The summed E-state index contributed by atoms with van der Waals surface area (Å²) in [5, 5.41) is 0. The van der Waals surface area contributed by atoms with E-state index in [9.17, 15) is 0 Å². The molecule has 58 valence electrons. The fraction of sp³-hybridized carbons (Fsp3) is 0.500. The Hall–Kier alpha value is 0.177. The number of allylic oxidation sites excluding steroid dienone is 2. The van der Waals surface area contributed by atoms with Crippen LogP contribution in [0.3, 0.4) is 0 Å². The van der Waals surface area contributed by atoms with E-state index in [0.717, 1.165) is 12.1 Å². The lowest BCUT2D eigenvalue weighted by Gasteiger charge is -2.18. The third-order valence-electron chi connectivity index (χ3n) is 1.65. The quantitative estimate of drug-likeness (QED) is 0.375. The summed E-state index contributed by atoms with van der Waals surface area (Å²) in [6, 6.07) is 3.55. The fourth-order valence-electron chi connectivity index (χ4n) is 0.889. The highest BCUT2D eigenvalue weighted by molar-refractivity contribution is 9.26. The summed E-state index contributed by atoms with van der Waals surface area (Å²) >= 11 is 3.80. The lowest BCUT2D eigenvalue weighted by Crippen LogP contribution is -2.22. The molecule has 0 aromatic carbocycles. The molecule has 0 radical (unpaired) electrons. The number of rotatable bonds is 5. The molecule has 0 spiro atoms. The van der Waals surface area contributed by atoms with Crippen LogP contribution >= 0.6 is 15.3 Å². The van der Waals surface area contributed by atoms with Crippen LogP contribution in [0.15, 0.2) is 25.3 Å². The predicted molar refractivity (Wildman–Crippen MR) is 55.2 cm³/mol. The minimum Gasteiger partial charge on any atom is -0.126 e. The third-order valence-corrected chi connectivity index (χ3v) is 8.59. The maximum absolute atomic E-state index is 3.80. The smallest absolute Gasteiger partial charge is 0.126 e. The molecule has 0 aliphatic carbocycles. The molecule has 0 heterocycles. The third kappa shape index (κ3) is 3.37. The van der Waals surface area contributed by atoms with Gasteiger partial charge in [-0.25, -0.2) is 0 Å². The van der Waals surface area contributed by atoms with Gasteiger partial charge < -0.3 is 0 Å². The molecule has 0 amide bonds. The average Bonchev–Trinajstić information content (AvgIpc) is 1.89. The normalized spacial score (nSPS) is 11.0. The molecule has 0 aromatic rings. The van der Waals surface area contributed by atoms with Crippen molar-refractivity contribution in [1.29, 1.82) is 0 Å². The van der Waals surface area contributed by atoms with Gasteiger partial charge in [-0.2, -0.15) is 0 Å². The van der Waals surface area contributed by atoms with Crippen LogP contribution in [0.25, 0.3) is 0 Å². The fourth-order valence-corrected chi connectivity index (χ4v) is 4.04. The first-order valence-corrected chi connectivity index (χ1v) is 8.47. The van der Waals surface area contributed by atoms with Gasteiger partial charge in [0.1, 0.15) is 6.69 Å². The Morgan fingerprint density at radius 2 is 1.70 bits per heavy atom. The molecule has 0 unspecified atom stereocenters. The largest absolute Gasteiger partial charge is 0.137 e. The van der Waals surface area contributed by atoms with E-state index in [-0.39, 0.29) is 0 Å². The Labute approximate surface area is 72.6 Å². The van der Waals surface area contributed by atoms with Gasteiger partial charge in [-0.05, 0) is 18.1 Å². The molecular weight excluding hydrogens is 204 g/mol. The highest BCUT2D eigenvalue weighted by Crippen LogP contribution is 2.27. The lowest BCUT2D eigenvalue weighted by molar-refractivity contribution is 1.33. The van der Waals surface area contributed by atoms with E-state index < -0.39 is 6.69 Å². The molecule has 0 fully saturated rings. The van der Waals surface area contributed by atoms with Gasteiger partial charge in [0.05, 0.1) is 0 Å². The zero-order valence-electron chi connectivity index (χ0n) is 6.57. The second-order valence-electron chi connectivity index (χ2n) is 2.49. The van der Waals surface area contributed by atoms with Crippen molar-refractivity contribution in [2.75, 3.05) is 0 Å². The first kappa shape index (κ1) is 10.2. The average molecular weight is 219 g/mol. The maximum atomic E-state index is 3.80. The molecule has 2 heteroatoms. The van der Waals surface area contributed by atoms with Crippen LogP contribution in [-0.4, -0.2) is 6.69 Å². The van der Waals surface area contributed by atoms with Crippen LogP contribution in [0.4, 0.5) is 0 Å². The summed E-state index contributed by atoms with van der Waals surface area (Å²) in [6.45, 7) is 8.58. The van der Waals surface area contributed by atoms with E-state index >= 15 is 0 Å². The molecule has 0 atom stereocenters. The van der Waals surface area contributed by atoms with Crippen molar-refractivity contribution in [3.8, 4) is 0 Å². The van der Waals surface area contributed by atoms with Crippen molar-refractivity contribution in [2.24, 2.45) is 0 Å². The zero-order chi connectivity index (χ0) is 8.04. The van der Waals surface area contributed by atoms with E-state index in [2.05, 4.69) is 35.4 Å². The van der Waals surface area contributed by atoms with Gasteiger partial charge in [-0.3, -0.25) is 0 Å². The number of hydrogen-bond donors (Lipinski definition) is 0. The van der Waals surface area contributed by atoms with Crippen molar-refractivity contribution in [3.63, 3.8) is 0 Å². The number of halogens is 1. The molecule has 0 rings (SSSR count). The second-order valence-corrected chi connectivity index (χ2v) is 11.4. The van der Waals surface area contributed by atoms with Crippen LogP contribution in [0.1, 0.15) is 6.92 Å². The van der Waals surface area contributed by atoms with E-state index in [1.54, 1.807) is 0 Å². The minimum atomic E-state index is -1.15. The predicted octanol–water partition coefficient (Wildman–Crippen LogP) is 3.72.